The molecular formula is C22H22ClN5. The van der Waals surface area contributed by atoms with Crippen LogP contribution in [-0.2, 0) is 0 Å². The van der Waals surface area contributed by atoms with E-state index in [2.05, 4.69) is 34.7 Å². The number of para-hydroxylation sites is 1. The zero-order chi connectivity index (χ0) is 19.1. The molecule has 28 heavy (non-hydrogen) atoms. The van der Waals surface area contributed by atoms with Gasteiger partial charge >= 0.3 is 0 Å². The monoisotopic (exact) mass is 391 g/mol. The van der Waals surface area contributed by atoms with E-state index in [1.165, 1.54) is 25.7 Å². The van der Waals surface area contributed by atoms with Gasteiger partial charge in [0.1, 0.15) is 11.5 Å². The number of anilines is 1. The van der Waals surface area contributed by atoms with Crippen molar-refractivity contribution in [2.24, 2.45) is 5.92 Å². The third-order valence-corrected chi connectivity index (χ3v) is 6.05. The maximum Gasteiger partial charge on any atom is 0.186 e. The second-order valence-corrected chi connectivity index (χ2v) is 8.11. The molecule has 2 unspecified atom stereocenters. The summed E-state index contributed by atoms with van der Waals surface area (Å²) in [6.07, 6.45) is 5.04. The lowest BCUT2D eigenvalue weighted by Crippen LogP contribution is -2.30. The normalized spacial score (nSPS) is 19.9. The Bertz CT molecular complexity index is 1140. The Labute approximate surface area is 168 Å². The Balaban J connectivity index is 1.67. The maximum absolute atomic E-state index is 6.05. The summed E-state index contributed by atoms with van der Waals surface area (Å²) in [7, 11) is 0. The first kappa shape index (κ1) is 17.4. The van der Waals surface area contributed by atoms with Crippen LogP contribution in [0.5, 0.6) is 0 Å². The zero-order valence-corrected chi connectivity index (χ0v) is 16.5. The predicted octanol–water partition coefficient (Wildman–Crippen LogP) is 5.59. The van der Waals surface area contributed by atoms with Crippen LogP contribution in [0.4, 0.5) is 5.82 Å². The van der Waals surface area contributed by atoms with Crippen molar-refractivity contribution in [1.29, 1.82) is 0 Å². The number of hydrogen-bond acceptors (Lipinski definition) is 4. The van der Waals surface area contributed by atoms with Crippen molar-refractivity contribution in [2.75, 3.05) is 5.32 Å². The summed E-state index contributed by atoms with van der Waals surface area (Å²) in [4.78, 5) is 4.98. The van der Waals surface area contributed by atoms with E-state index in [-0.39, 0.29) is 0 Å². The average molecular weight is 392 g/mol. The minimum absolute atomic E-state index is 0.446. The summed E-state index contributed by atoms with van der Waals surface area (Å²) in [6, 6.07) is 16.3. The number of rotatable bonds is 3. The van der Waals surface area contributed by atoms with Crippen LogP contribution in [0.2, 0.25) is 5.02 Å². The van der Waals surface area contributed by atoms with Gasteiger partial charge in [0.25, 0.3) is 0 Å². The fraction of sp³-hybridized carbons (Fsp3) is 0.318. The molecule has 2 atom stereocenters. The standard InChI is InChI=1S/C22H22ClN5/c1-14-6-2-4-8-18(14)24-21-17-7-3-5-9-19(17)28-22(25-21)20(26-27-28)15-10-12-16(23)13-11-15/h3,5,7,9-14,18H,2,4,6,8H2,1H3,(H,24,25). The molecule has 1 fully saturated rings. The number of nitrogens with zero attached hydrogens (tertiary/aromatic N) is 4. The number of hydrogen-bond donors (Lipinski definition) is 1. The van der Waals surface area contributed by atoms with Crippen LogP contribution in [0.3, 0.4) is 0 Å². The largest absolute Gasteiger partial charge is 0.366 e. The van der Waals surface area contributed by atoms with E-state index in [9.17, 15) is 0 Å². The molecule has 2 heterocycles. The third kappa shape index (κ3) is 3.00. The van der Waals surface area contributed by atoms with Gasteiger partial charge in [-0.1, -0.05) is 60.8 Å². The van der Waals surface area contributed by atoms with Crippen LogP contribution in [0.25, 0.3) is 27.8 Å². The molecule has 0 saturated heterocycles. The van der Waals surface area contributed by atoms with E-state index in [4.69, 9.17) is 16.6 Å². The highest BCUT2D eigenvalue weighted by Gasteiger charge is 2.23. The average Bonchev–Trinajstić information content (AvgIpc) is 3.14. The fourth-order valence-electron chi connectivity index (χ4n) is 4.18. The Morgan fingerprint density at radius 3 is 2.64 bits per heavy atom. The Morgan fingerprint density at radius 2 is 1.82 bits per heavy atom. The van der Waals surface area contributed by atoms with Crippen molar-refractivity contribution >= 4 is 34.0 Å². The van der Waals surface area contributed by atoms with Crippen LogP contribution in [0.15, 0.2) is 48.5 Å². The predicted molar refractivity (Wildman–Crippen MR) is 114 cm³/mol. The molecule has 0 amide bonds. The molecule has 2 aromatic carbocycles. The molecule has 0 spiro atoms. The van der Waals surface area contributed by atoms with Gasteiger partial charge < -0.3 is 5.32 Å². The Hall–Kier alpha value is -2.66. The van der Waals surface area contributed by atoms with Gasteiger partial charge in [-0.15, -0.1) is 5.10 Å². The van der Waals surface area contributed by atoms with Crippen LogP contribution in [0, 0.1) is 5.92 Å². The molecule has 6 heteroatoms. The van der Waals surface area contributed by atoms with Gasteiger partial charge in [0, 0.05) is 22.0 Å². The highest BCUT2D eigenvalue weighted by atomic mass is 35.5. The van der Waals surface area contributed by atoms with Gasteiger partial charge in [0.15, 0.2) is 5.65 Å². The lowest BCUT2D eigenvalue weighted by Gasteiger charge is -2.30. The molecule has 5 nitrogen and oxygen atoms in total. The van der Waals surface area contributed by atoms with Crippen molar-refractivity contribution < 1.29 is 0 Å². The molecule has 5 rings (SSSR count). The molecule has 0 aliphatic heterocycles. The molecule has 1 N–H and O–H groups in total. The molecule has 2 aromatic heterocycles. The number of halogens is 1. The number of benzene rings is 2. The summed E-state index contributed by atoms with van der Waals surface area (Å²) >= 11 is 6.05. The first-order valence-electron chi connectivity index (χ1n) is 9.87. The third-order valence-electron chi connectivity index (χ3n) is 5.80. The van der Waals surface area contributed by atoms with Crippen LogP contribution >= 0.6 is 11.6 Å². The van der Waals surface area contributed by atoms with E-state index in [0.29, 0.717) is 17.0 Å². The van der Waals surface area contributed by atoms with Gasteiger partial charge in [-0.05, 0) is 43.0 Å². The SMILES string of the molecule is CC1CCCCC1Nc1nc2c(-c3ccc(Cl)cc3)nnn2c2ccccc12. The first-order chi connectivity index (χ1) is 13.7. The summed E-state index contributed by atoms with van der Waals surface area (Å²) in [5.74, 6) is 1.56. The van der Waals surface area contributed by atoms with Crippen LogP contribution < -0.4 is 5.32 Å². The first-order valence-corrected chi connectivity index (χ1v) is 10.2. The number of aromatic nitrogens is 4. The zero-order valence-electron chi connectivity index (χ0n) is 15.8. The van der Waals surface area contributed by atoms with Crippen LogP contribution in [-0.4, -0.2) is 25.9 Å². The molecule has 1 aliphatic carbocycles. The second-order valence-electron chi connectivity index (χ2n) is 7.67. The van der Waals surface area contributed by atoms with Crippen molar-refractivity contribution in [3.8, 4) is 11.3 Å². The van der Waals surface area contributed by atoms with Crippen molar-refractivity contribution in [3.63, 3.8) is 0 Å². The molecule has 0 radical (unpaired) electrons. The highest BCUT2D eigenvalue weighted by Crippen LogP contribution is 2.31. The van der Waals surface area contributed by atoms with Gasteiger partial charge in [-0.2, -0.15) is 4.52 Å². The van der Waals surface area contributed by atoms with Gasteiger partial charge in [0.2, 0.25) is 0 Å². The Morgan fingerprint density at radius 1 is 1.04 bits per heavy atom. The molecule has 1 aliphatic rings. The van der Waals surface area contributed by atoms with Gasteiger partial charge in [-0.25, -0.2) is 4.98 Å². The molecule has 1 saturated carbocycles. The lowest BCUT2D eigenvalue weighted by molar-refractivity contribution is 0.349. The summed E-state index contributed by atoms with van der Waals surface area (Å²) in [6.45, 7) is 2.33. The van der Waals surface area contributed by atoms with Gasteiger partial charge in [0.05, 0.1) is 5.52 Å². The maximum atomic E-state index is 6.05. The second kappa shape index (κ2) is 7.06. The molecule has 4 aromatic rings. The number of fused-ring (bicyclic) bond motifs is 3. The van der Waals surface area contributed by atoms with Crippen molar-refractivity contribution in [1.82, 2.24) is 19.8 Å². The quantitative estimate of drug-likeness (QED) is 0.494. The minimum Gasteiger partial charge on any atom is -0.366 e. The van der Waals surface area contributed by atoms with E-state index in [0.717, 1.165) is 33.6 Å². The Kier molecular flexibility index (Phi) is 4.40. The van der Waals surface area contributed by atoms with E-state index >= 15 is 0 Å². The lowest BCUT2D eigenvalue weighted by atomic mass is 9.86. The number of nitrogens with one attached hydrogen (secondary N) is 1. The smallest absolute Gasteiger partial charge is 0.186 e. The van der Waals surface area contributed by atoms with Crippen molar-refractivity contribution in [3.05, 3.63) is 53.6 Å². The van der Waals surface area contributed by atoms with E-state index in [1.807, 2.05) is 40.9 Å². The van der Waals surface area contributed by atoms with Crippen molar-refractivity contribution in [2.45, 2.75) is 38.6 Å². The summed E-state index contributed by atoms with van der Waals surface area (Å²) in [5, 5.41) is 14.3. The summed E-state index contributed by atoms with van der Waals surface area (Å²) in [5.41, 5.74) is 3.49. The summed E-state index contributed by atoms with van der Waals surface area (Å²) < 4.78 is 1.83. The van der Waals surface area contributed by atoms with Crippen LogP contribution in [0.1, 0.15) is 32.6 Å². The molecular weight excluding hydrogens is 370 g/mol. The highest BCUT2D eigenvalue weighted by molar-refractivity contribution is 6.30. The van der Waals surface area contributed by atoms with Gasteiger partial charge in [-0.3, -0.25) is 0 Å². The van der Waals surface area contributed by atoms with E-state index < -0.39 is 0 Å². The fourth-order valence-corrected chi connectivity index (χ4v) is 4.30. The van der Waals surface area contributed by atoms with E-state index in [1.54, 1.807) is 0 Å². The topological polar surface area (TPSA) is 55.1 Å². The molecule has 142 valence electrons. The molecule has 0 bridgehead atoms. The minimum atomic E-state index is 0.446.